The first-order valence-corrected chi connectivity index (χ1v) is 7.28. The van der Waals surface area contributed by atoms with E-state index in [-0.39, 0.29) is 11.9 Å². The van der Waals surface area contributed by atoms with E-state index in [1.165, 1.54) is 0 Å². The zero-order valence-electron chi connectivity index (χ0n) is 12.6. The van der Waals surface area contributed by atoms with E-state index in [0.717, 1.165) is 24.3 Å². The van der Waals surface area contributed by atoms with Gasteiger partial charge in [0.15, 0.2) is 0 Å². The third-order valence-electron chi connectivity index (χ3n) is 3.76. The average Bonchev–Trinajstić information content (AvgIpc) is 2.85. The zero-order chi connectivity index (χ0) is 14.5. The Morgan fingerprint density at radius 2 is 2.10 bits per heavy atom. The van der Waals surface area contributed by atoms with Gasteiger partial charge in [-0.3, -0.25) is 4.79 Å². The van der Waals surface area contributed by atoms with Crippen molar-refractivity contribution in [3.05, 3.63) is 24.3 Å². The van der Waals surface area contributed by atoms with E-state index >= 15 is 0 Å². The molecular formula is C16H24N2O2. The number of methoxy groups -OCH3 is 1. The van der Waals surface area contributed by atoms with Gasteiger partial charge in [0.25, 0.3) is 0 Å². The lowest BCUT2D eigenvalue weighted by atomic mass is 10.0. The number of nitrogens with one attached hydrogen (secondary N) is 1. The Kier molecular flexibility index (Phi) is 5.01. The summed E-state index contributed by atoms with van der Waals surface area (Å²) in [7, 11) is 1.72. The smallest absolute Gasteiger partial charge is 0.227 e. The van der Waals surface area contributed by atoms with Crippen LogP contribution >= 0.6 is 0 Å². The number of anilines is 2. The SMILES string of the molecule is COCC(Nc1ccccc1N1CCCC1=O)C(C)C. The van der Waals surface area contributed by atoms with E-state index in [1.54, 1.807) is 7.11 Å². The van der Waals surface area contributed by atoms with E-state index < -0.39 is 0 Å². The van der Waals surface area contributed by atoms with E-state index in [9.17, 15) is 4.79 Å². The fourth-order valence-corrected chi connectivity index (χ4v) is 2.51. The van der Waals surface area contributed by atoms with Gasteiger partial charge in [-0.1, -0.05) is 26.0 Å². The maximum Gasteiger partial charge on any atom is 0.227 e. The molecule has 1 amide bonds. The predicted molar refractivity (Wildman–Crippen MR) is 82.2 cm³/mol. The lowest BCUT2D eigenvalue weighted by Gasteiger charge is -2.26. The topological polar surface area (TPSA) is 41.6 Å². The molecule has 1 atom stereocenters. The molecule has 0 aromatic heterocycles. The van der Waals surface area contributed by atoms with Crippen molar-refractivity contribution in [3.63, 3.8) is 0 Å². The fraction of sp³-hybridized carbons (Fsp3) is 0.562. The molecule has 0 saturated carbocycles. The average molecular weight is 276 g/mol. The van der Waals surface area contributed by atoms with E-state index in [2.05, 4.69) is 19.2 Å². The molecule has 0 bridgehead atoms. The third-order valence-corrected chi connectivity index (χ3v) is 3.76. The maximum absolute atomic E-state index is 11.9. The molecule has 0 aliphatic carbocycles. The Morgan fingerprint density at radius 1 is 1.35 bits per heavy atom. The first-order chi connectivity index (χ1) is 9.63. The summed E-state index contributed by atoms with van der Waals surface area (Å²) in [5.74, 6) is 0.671. The predicted octanol–water partition coefficient (Wildman–Crippen LogP) is 2.90. The molecule has 0 spiro atoms. The Hall–Kier alpha value is -1.55. The van der Waals surface area contributed by atoms with Crippen molar-refractivity contribution < 1.29 is 9.53 Å². The van der Waals surface area contributed by atoms with E-state index in [0.29, 0.717) is 18.9 Å². The normalized spacial score (nSPS) is 16.8. The van der Waals surface area contributed by atoms with Crippen molar-refractivity contribution in [2.24, 2.45) is 5.92 Å². The summed E-state index contributed by atoms with van der Waals surface area (Å²) in [5.41, 5.74) is 2.00. The first-order valence-electron chi connectivity index (χ1n) is 7.28. The summed E-state index contributed by atoms with van der Waals surface area (Å²) in [6.07, 6.45) is 1.60. The number of ether oxygens (including phenoxy) is 1. The number of para-hydroxylation sites is 2. The third kappa shape index (κ3) is 3.31. The van der Waals surface area contributed by atoms with Crippen LogP contribution in [0.3, 0.4) is 0 Å². The molecule has 1 aliphatic heterocycles. The van der Waals surface area contributed by atoms with Gasteiger partial charge in [-0.15, -0.1) is 0 Å². The van der Waals surface area contributed by atoms with Crippen LogP contribution in [0.5, 0.6) is 0 Å². The molecular weight excluding hydrogens is 252 g/mol. The van der Waals surface area contributed by atoms with E-state index in [1.807, 2.05) is 29.2 Å². The van der Waals surface area contributed by atoms with Crippen LogP contribution in [0.15, 0.2) is 24.3 Å². The molecule has 1 aromatic carbocycles. The summed E-state index contributed by atoms with van der Waals surface area (Å²) in [4.78, 5) is 13.8. The highest BCUT2D eigenvalue weighted by atomic mass is 16.5. The number of nitrogens with zero attached hydrogens (tertiary/aromatic N) is 1. The Balaban J connectivity index is 2.21. The molecule has 1 N–H and O–H groups in total. The first kappa shape index (κ1) is 14.9. The molecule has 110 valence electrons. The minimum atomic E-state index is 0.215. The monoisotopic (exact) mass is 276 g/mol. The largest absolute Gasteiger partial charge is 0.383 e. The number of rotatable bonds is 6. The Labute approximate surface area is 121 Å². The highest BCUT2D eigenvalue weighted by molar-refractivity contribution is 5.98. The van der Waals surface area contributed by atoms with Crippen molar-refractivity contribution in [2.75, 3.05) is 30.5 Å². The fourth-order valence-electron chi connectivity index (χ4n) is 2.51. The molecule has 4 nitrogen and oxygen atoms in total. The van der Waals surface area contributed by atoms with Gasteiger partial charge in [-0.05, 0) is 24.5 Å². The molecule has 1 aliphatic rings. The van der Waals surface area contributed by atoms with Crippen LogP contribution in [-0.4, -0.2) is 32.2 Å². The molecule has 1 fully saturated rings. The molecule has 1 aromatic rings. The summed E-state index contributed by atoms with van der Waals surface area (Å²) >= 11 is 0. The molecule has 1 saturated heterocycles. The number of hydrogen-bond donors (Lipinski definition) is 1. The van der Waals surface area contributed by atoms with Crippen molar-refractivity contribution in [1.82, 2.24) is 0 Å². The second-order valence-corrected chi connectivity index (χ2v) is 5.62. The standard InChI is InChI=1S/C16H24N2O2/c1-12(2)14(11-20-3)17-13-7-4-5-8-15(13)18-10-6-9-16(18)19/h4-5,7-8,12,14,17H,6,9-11H2,1-3H3. The van der Waals surface area contributed by atoms with Crippen molar-refractivity contribution in [2.45, 2.75) is 32.7 Å². The second kappa shape index (κ2) is 6.75. The summed E-state index contributed by atoms with van der Waals surface area (Å²) in [5, 5.41) is 3.53. The number of amides is 1. The van der Waals surface area contributed by atoms with Gasteiger partial charge in [-0.25, -0.2) is 0 Å². The van der Waals surface area contributed by atoms with Gasteiger partial charge in [-0.2, -0.15) is 0 Å². The number of hydrogen-bond acceptors (Lipinski definition) is 3. The highest BCUT2D eigenvalue weighted by Crippen LogP contribution is 2.30. The van der Waals surface area contributed by atoms with Crippen LogP contribution in [0.1, 0.15) is 26.7 Å². The molecule has 4 heteroatoms. The zero-order valence-corrected chi connectivity index (χ0v) is 12.6. The summed E-state index contributed by atoms with van der Waals surface area (Å²) < 4.78 is 5.28. The second-order valence-electron chi connectivity index (χ2n) is 5.62. The Morgan fingerprint density at radius 3 is 2.70 bits per heavy atom. The van der Waals surface area contributed by atoms with Crippen molar-refractivity contribution >= 4 is 17.3 Å². The van der Waals surface area contributed by atoms with Gasteiger partial charge in [0.2, 0.25) is 5.91 Å². The number of benzene rings is 1. The summed E-state index contributed by atoms with van der Waals surface area (Å²) in [6.45, 7) is 5.80. The van der Waals surface area contributed by atoms with Gasteiger partial charge >= 0.3 is 0 Å². The lowest BCUT2D eigenvalue weighted by molar-refractivity contribution is -0.117. The molecule has 1 unspecified atom stereocenters. The minimum absolute atomic E-state index is 0.215. The van der Waals surface area contributed by atoms with Crippen molar-refractivity contribution in [1.29, 1.82) is 0 Å². The van der Waals surface area contributed by atoms with Crippen LogP contribution in [0.4, 0.5) is 11.4 Å². The van der Waals surface area contributed by atoms with Crippen LogP contribution in [0.2, 0.25) is 0 Å². The van der Waals surface area contributed by atoms with Gasteiger partial charge in [0, 0.05) is 20.1 Å². The van der Waals surface area contributed by atoms with Crippen LogP contribution < -0.4 is 10.2 Å². The summed E-state index contributed by atoms with van der Waals surface area (Å²) in [6, 6.07) is 8.25. The Bertz CT molecular complexity index is 460. The number of carbonyl (C=O) groups excluding carboxylic acids is 1. The van der Waals surface area contributed by atoms with E-state index in [4.69, 9.17) is 4.74 Å². The quantitative estimate of drug-likeness (QED) is 0.868. The van der Waals surface area contributed by atoms with Crippen LogP contribution in [-0.2, 0) is 9.53 Å². The molecule has 1 heterocycles. The van der Waals surface area contributed by atoms with Crippen LogP contribution in [0.25, 0.3) is 0 Å². The van der Waals surface area contributed by atoms with Crippen LogP contribution in [0, 0.1) is 5.92 Å². The van der Waals surface area contributed by atoms with Crippen molar-refractivity contribution in [3.8, 4) is 0 Å². The molecule has 0 radical (unpaired) electrons. The highest BCUT2D eigenvalue weighted by Gasteiger charge is 2.24. The number of carbonyl (C=O) groups is 1. The van der Waals surface area contributed by atoms with Gasteiger partial charge < -0.3 is 15.0 Å². The maximum atomic E-state index is 11.9. The van der Waals surface area contributed by atoms with Gasteiger partial charge in [0.1, 0.15) is 0 Å². The van der Waals surface area contributed by atoms with Gasteiger partial charge in [0.05, 0.1) is 24.0 Å². The molecule has 2 rings (SSSR count). The molecule has 20 heavy (non-hydrogen) atoms. The minimum Gasteiger partial charge on any atom is -0.383 e. The lowest BCUT2D eigenvalue weighted by Crippen LogP contribution is -2.32.